The van der Waals surface area contributed by atoms with Crippen LogP contribution in [0.3, 0.4) is 0 Å². The van der Waals surface area contributed by atoms with Crippen molar-refractivity contribution in [2.75, 3.05) is 23.0 Å². The summed E-state index contributed by atoms with van der Waals surface area (Å²) in [5, 5.41) is 14.8. The number of nitrogens with one attached hydrogen (secondary N) is 1. The molecule has 1 aromatic heterocycles. The van der Waals surface area contributed by atoms with Gasteiger partial charge in [-0.15, -0.1) is 0 Å². The predicted molar refractivity (Wildman–Crippen MR) is 107 cm³/mol. The number of thiophene rings is 1. The molecule has 0 bridgehead atoms. The van der Waals surface area contributed by atoms with E-state index in [-0.39, 0.29) is 16.6 Å². The molecule has 5 rings (SSSR count). The van der Waals surface area contributed by atoms with Gasteiger partial charge in [0.1, 0.15) is 12.4 Å². The summed E-state index contributed by atoms with van der Waals surface area (Å²) in [4.78, 5) is 17.5. The van der Waals surface area contributed by atoms with Crippen molar-refractivity contribution in [1.82, 2.24) is 10.4 Å². The SMILES string of the molecule is C[s+]1c2c(c3c1N1CNN(C(=O)[O-])C1CN(c1ccccc1Cl)C3)CC=C2. The van der Waals surface area contributed by atoms with Crippen molar-refractivity contribution in [3.8, 4) is 0 Å². The first kappa shape index (κ1) is 16.9. The molecule has 2 atom stereocenters. The minimum absolute atomic E-state index is 0.0626. The third kappa shape index (κ3) is 2.46. The fourth-order valence-corrected chi connectivity index (χ4v) is 6.83. The van der Waals surface area contributed by atoms with Crippen molar-refractivity contribution < 1.29 is 9.90 Å². The lowest BCUT2D eigenvalue weighted by molar-refractivity contribution is -0.269. The molecular formula is C19H19ClN4O2S. The Morgan fingerprint density at radius 3 is 2.93 bits per heavy atom. The average molecular weight is 403 g/mol. The van der Waals surface area contributed by atoms with Gasteiger partial charge in [-0.2, -0.15) is 0 Å². The molecule has 6 nitrogen and oxygen atoms in total. The van der Waals surface area contributed by atoms with Crippen molar-refractivity contribution in [2.45, 2.75) is 19.1 Å². The van der Waals surface area contributed by atoms with Crippen LogP contribution in [0.25, 0.3) is 6.08 Å². The summed E-state index contributed by atoms with van der Waals surface area (Å²) in [6, 6.07) is 7.74. The highest BCUT2D eigenvalue weighted by molar-refractivity contribution is 7.34. The lowest BCUT2D eigenvalue weighted by atomic mass is 10.1. The minimum atomic E-state index is -1.21. The van der Waals surface area contributed by atoms with Crippen LogP contribution in [-0.4, -0.2) is 30.5 Å². The van der Waals surface area contributed by atoms with Gasteiger partial charge in [0, 0.05) is 16.0 Å². The number of halogens is 1. The van der Waals surface area contributed by atoms with Gasteiger partial charge in [-0.25, -0.2) is 5.43 Å². The maximum absolute atomic E-state index is 11.7. The molecular weight excluding hydrogens is 384 g/mol. The van der Waals surface area contributed by atoms with Gasteiger partial charge in [-0.3, -0.25) is 9.91 Å². The van der Waals surface area contributed by atoms with Crippen molar-refractivity contribution >= 4 is 44.9 Å². The van der Waals surface area contributed by atoms with Crippen LogP contribution in [0.5, 0.6) is 0 Å². The quantitative estimate of drug-likeness (QED) is 0.742. The molecule has 27 heavy (non-hydrogen) atoms. The molecule has 0 saturated carbocycles. The molecule has 1 fully saturated rings. The number of fused-ring (bicyclic) bond motifs is 5. The molecule has 2 unspecified atom stereocenters. The zero-order chi connectivity index (χ0) is 18.7. The second-order valence-corrected chi connectivity index (χ2v) is 9.23. The van der Waals surface area contributed by atoms with Crippen molar-refractivity contribution in [3.63, 3.8) is 0 Å². The van der Waals surface area contributed by atoms with Gasteiger partial charge in [0.2, 0.25) is 0 Å². The third-order valence-electron chi connectivity index (χ3n) is 5.58. The number of allylic oxidation sites excluding steroid dienone is 1. The largest absolute Gasteiger partial charge is 0.529 e. The molecule has 140 valence electrons. The highest BCUT2D eigenvalue weighted by atomic mass is 35.5. The van der Waals surface area contributed by atoms with E-state index in [1.807, 2.05) is 24.3 Å². The second kappa shape index (κ2) is 6.15. The van der Waals surface area contributed by atoms with Gasteiger partial charge in [0.05, 0.1) is 36.0 Å². The molecule has 2 aliphatic heterocycles. The Bertz CT molecular complexity index is 973. The topological polar surface area (TPSA) is 61.9 Å². The average Bonchev–Trinajstić information content (AvgIpc) is 3.30. The van der Waals surface area contributed by atoms with E-state index >= 15 is 0 Å². The van der Waals surface area contributed by atoms with Gasteiger partial charge < -0.3 is 14.8 Å². The van der Waals surface area contributed by atoms with Crippen LogP contribution >= 0.6 is 22.1 Å². The van der Waals surface area contributed by atoms with Gasteiger partial charge in [-0.1, -0.05) is 29.8 Å². The molecule has 2 aromatic rings. The first-order valence-electron chi connectivity index (χ1n) is 8.85. The lowest BCUT2D eigenvalue weighted by Crippen LogP contribution is -2.54. The normalized spacial score (nSPS) is 21.2. The molecule has 0 spiro atoms. The van der Waals surface area contributed by atoms with Crippen LogP contribution in [0.1, 0.15) is 16.0 Å². The molecule has 3 aliphatic rings. The highest BCUT2D eigenvalue weighted by Gasteiger charge is 2.45. The summed E-state index contributed by atoms with van der Waals surface area (Å²) in [6.45, 7) is 1.71. The first-order valence-corrected chi connectivity index (χ1v) is 10.9. The Morgan fingerprint density at radius 1 is 1.33 bits per heavy atom. The van der Waals surface area contributed by atoms with E-state index in [1.54, 1.807) is 0 Å². The summed E-state index contributed by atoms with van der Waals surface area (Å²) in [5.41, 5.74) is 6.61. The Labute approximate surface area is 165 Å². The van der Waals surface area contributed by atoms with Crippen LogP contribution in [-0.2, 0) is 19.2 Å². The summed E-state index contributed by atoms with van der Waals surface area (Å²) in [5.74, 6) is 0. The maximum atomic E-state index is 11.7. The summed E-state index contributed by atoms with van der Waals surface area (Å²) in [7, 11) is -0.0626. The van der Waals surface area contributed by atoms with Gasteiger partial charge in [0.15, 0.2) is 11.0 Å². The number of carboxylic acid groups (broad SMARTS) is 1. The third-order valence-corrected chi connectivity index (χ3v) is 8.01. The lowest BCUT2D eigenvalue weighted by Gasteiger charge is -2.32. The summed E-state index contributed by atoms with van der Waals surface area (Å²) >= 11 is 6.48. The van der Waals surface area contributed by atoms with E-state index in [0.29, 0.717) is 18.2 Å². The maximum Gasteiger partial charge on any atom is 0.251 e. The molecule has 8 heteroatoms. The second-order valence-electron chi connectivity index (χ2n) is 6.98. The van der Waals surface area contributed by atoms with Crippen molar-refractivity contribution in [2.24, 2.45) is 6.26 Å². The van der Waals surface area contributed by atoms with Gasteiger partial charge in [0.25, 0.3) is 5.00 Å². The number of para-hydroxylation sites is 1. The van der Waals surface area contributed by atoms with E-state index in [4.69, 9.17) is 11.6 Å². The van der Waals surface area contributed by atoms with Gasteiger partial charge >= 0.3 is 0 Å². The zero-order valence-corrected chi connectivity index (χ0v) is 16.4. The molecule has 1 N–H and O–H groups in total. The van der Waals surface area contributed by atoms with Crippen LogP contribution in [0.4, 0.5) is 15.5 Å². The smallest absolute Gasteiger partial charge is 0.251 e. The van der Waals surface area contributed by atoms with Crippen molar-refractivity contribution in [1.29, 1.82) is 0 Å². The van der Waals surface area contributed by atoms with Crippen LogP contribution < -0.4 is 20.3 Å². The standard InChI is InChI=1S/C19H19ClN4O2S/c1-27-16-8-4-5-12(16)13-9-22(15-7-3-2-6-14(15)20)10-17-23(18(13)27)11-21-24(17)19(25)26/h2-4,6-8,17,21H,5,9-11H2,1H3. The Balaban J connectivity index is 1.67. The monoisotopic (exact) mass is 402 g/mol. The van der Waals surface area contributed by atoms with E-state index in [2.05, 4.69) is 33.6 Å². The zero-order valence-electron chi connectivity index (χ0n) is 14.8. The Morgan fingerprint density at radius 2 is 2.15 bits per heavy atom. The van der Waals surface area contributed by atoms with E-state index < -0.39 is 6.09 Å². The molecule has 3 heterocycles. The fraction of sp³-hybridized carbons (Fsp3) is 0.316. The van der Waals surface area contributed by atoms with E-state index in [9.17, 15) is 9.90 Å². The number of anilines is 2. The predicted octanol–water partition coefficient (Wildman–Crippen LogP) is 2.47. The summed E-state index contributed by atoms with van der Waals surface area (Å²) < 4.78 is 0. The number of nitrogens with zero attached hydrogens (tertiary/aromatic N) is 3. The van der Waals surface area contributed by atoms with E-state index in [0.717, 1.165) is 18.7 Å². The number of carbonyl (C=O) groups is 1. The summed E-state index contributed by atoms with van der Waals surface area (Å²) in [6.07, 6.45) is 6.06. The van der Waals surface area contributed by atoms with E-state index in [1.165, 1.54) is 26.0 Å². The molecule has 1 saturated heterocycles. The molecule has 1 aromatic carbocycles. The number of hydrogen-bond donors (Lipinski definition) is 1. The number of benzene rings is 1. The number of rotatable bonds is 1. The van der Waals surface area contributed by atoms with Crippen LogP contribution in [0, 0.1) is 0 Å². The van der Waals surface area contributed by atoms with Crippen LogP contribution in [0.15, 0.2) is 30.3 Å². The number of hydrazine groups is 1. The minimum Gasteiger partial charge on any atom is -0.529 e. The molecule has 1 amide bonds. The first-order chi connectivity index (χ1) is 13.1. The van der Waals surface area contributed by atoms with Gasteiger partial charge in [-0.05, 0) is 24.6 Å². The molecule has 0 radical (unpaired) electrons. The van der Waals surface area contributed by atoms with Crippen molar-refractivity contribution in [3.05, 3.63) is 51.4 Å². The fourth-order valence-electron chi connectivity index (χ4n) is 4.39. The number of carbonyl (C=O) groups excluding carboxylic acids is 1. The number of amides is 1. The van der Waals surface area contributed by atoms with Crippen LogP contribution in [0.2, 0.25) is 5.02 Å². The highest BCUT2D eigenvalue weighted by Crippen LogP contribution is 2.50. The number of hydrogen-bond acceptors (Lipinski definition) is 5. The Kier molecular flexibility index (Phi) is 3.86. The molecule has 1 aliphatic carbocycles. The Hall–Kier alpha value is -2.22.